The Hall–Kier alpha value is -1.44. The van der Waals surface area contributed by atoms with Gasteiger partial charge in [-0.15, -0.1) is 0 Å². The molecule has 0 unspecified atom stereocenters. The smallest absolute Gasteiger partial charge is 0.0512 e. The molecule has 3 N–H and O–H groups in total. The van der Waals surface area contributed by atoms with E-state index >= 15 is 0 Å². The molecule has 2 heteroatoms. The Kier molecular flexibility index (Phi) is 2.00. The van der Waals surface area contributed by atoms with E-state index in [0.29, 0.717) is 0 Å². The van der Waals surface area contributed by atoms with E-state index < -0.39 is 0 Å². The number of nitrogens with one attached hydrogen (secondary N) is 1. The maximum atomic E-state index is 6.02. The first-order chi connectivity index (χ1) is 7.68. The largest absolute Gasteiger partial charge is 0.398 e. The van der Waals surface area contributed by atoms with Crippen molar-refractivity contribution in [2.24, 2.45) is 0 Å². The summed E-state index contributed by atoms with van der Waals surface area (Å²) in [5.74, 6) is 0. The summed E-state index contributed by atoms with van der Waals surface area (Å²) in [6, 6.07) is 2.11. The van der Waals surface area contributed by atoms with Crippen LogP contribution in [-0.2, 0) is 12.8 Å². The lowest BCUT2D eigenvalue weighted by atomic mass is 9.93. The summed E-state index contributed by atoms with van der Waals surface area (Å²) in [6.07, 6.45) is 5.05. The predicted molar refractivity (Wildman–Crippen MR) is 68.8 cm³/mol. The van der Waals surface area contributed by atoms with Crippen LogP contribution in [0.5, 0.6) is 0 Å². The number of aryl methyl sites for hydroxylation is 4. The van der Waals surface area contributed by atoms with Crippen molar-refractivity contribution in [1.29, 1.82) is 0 Å². The van der Waals surface area contributed by atoms with Crippen LogP contribution in [-0.4, -0.2) is 4.98 Å². The predicted octanol–water partition coefficient (Wildman–Crippen LogP) is 3.25. The van der Waals surface area contributed by atoms with Crippen LogP contribution in [0.3, 0.4) is 0 Å². The lowest BCUT2D eigenvalue weighted by Crippen LogP contribution is -2.00. The van der Waals surface area contributed by atoms with Gasteiger partial charge in [0.05, 0.1) is 5.52 Å². The monoisotopic (exact) mass is 214 g/mol. The van der Waals surface area contributed by atoms with Gasteiger partial charge in [0.25, 0.3) is 0 Å². The molecule has 1 aromatic heterocycles. The molecule has 1 heterocycles. The van der Waals surface area contributed by atoms with Crippen molar-refractivity contribution >= 4 is 16.6 Å². The lowest BCUT2D eigenvalue weighted by Gasteiger charge is -2.11. The Balaban J connectivity index is 2.42. The molecule has 2 nitrogen and oxygen atoms in total. The van der Waals surface area contributed by atoms with Crippen LogP contribution in [0.2, 0.25) is 0 Å². The third kappa shape index (κ3) is 1.19. The molecule has 0 atom stereocenters. The van der Waals surface area contributed by atoms with Crippen LogP contribution >= 0.6 is 0 Å². The average molecular weight is 214 g/mol. The summed E-state index contributed by atoms with van der Waals surface area (Å²) in [6.45, 7) is 4.28. The van der Waals surface area contributed by atoms with E-state index in [9.17, 15) is 0 Å². The van der Waals surface area contributed by atoms with Gasteiger partial charge in [0.15, 0.2) is 0 Å². The summed E-state index contributed by atoms with van der Waals surface area (Å²) in [5.41, 5.74) is 13.7. The van der Waals surface area contributed by atoms with Crippen LogP contribution < -0.4 is 5.73 Å². The molecular formula is C14H18N2. The fourth-order valence-corrected chi connectivity index (χ4v) is 2.96. The molecule has 1 aromatic carbocycles. The van der Waals surface area contributed by atoms with Crippen LogP contribution in [0.15, 0.2) is 6.07 Å². The quantitative estimate of drug-likeness (QED) is 0.649. The van der Waals surface area contributed by atoms with Gasteiger partial charge in [-0.3, -0.25) is 0 Å². The van der Waals surface area contributed by atoms with Crippen molar-refractivity contribution in [3.05, 3.63) is 28.5 Å². The lowest BCUT2D eigenvalue weighted by molar-refractivity contribution is 0.680. The first kappa shape index (κ1) is 9.76. The molecule has 0 aliphatic heterocycles. The van der Waals surface area contributed by atoms with E-state index in [1.165, 1.54) is 53.4 Å². The van der Waals surface area contributed by atoms with Gasteiger partial charge in [-0.05, 0) is 62.3 Å². The maximum absolute atomic E-state index is 6.02. The minimum Gasteiger partial charge on any atom is -0.398 e. The molecular weight excluding hydrogens is 196 g/mol. The first-order valence-electron chi connectivity index (χ1n) is 6.07. The van der Waals surface area contributed by atoms with Gasteiger partial charge < -0.3 is 10.7 Å². The number of anilines is 1. The van der Waals surface area contributed by atoms with Crippen LogP contribution in [0, 0.1) is 13.8 Å². The second-order valence-electron chi connectivity index (χ2n) is 4.95. The number of aromatic nitrogens is 1. The van der Waals surface area contributed by atoms with Gasteiger partial charge >= 0.3 is 0 Å². The minimum absolute atomic E-state index is 0.906. The van der Waals surface area contributed by atoms with Crippen LogP contribution in [0.4, 0.5) is 5.69 Å². The Labute approximate surface area is 95.8 Å². The molecule has 0 saturated heterocycles. The SMILES string of the molecule is Cc1c(N)cc(C)c2c3c([nH]c12)CCCC3. The molecule has 84 valence electrons. The highest BCUT2D eigenvalue weighted by Gasteiger charge is 2.18. The third-order valence-corrected chi connectivity index (χ3v) is 3.87. The Bertz CT molecular complexity index is 564. The van der Waals surface area contributed by atoms with Crippen LogP contribution in [0.25, 0.3) is 10.9 Å². The molecule has 0 saturated carbocycles. The van der Waals surface area contributed by atoms with E-state index in [0.717, 1.165) is 5.69 Å². The second kappa shape index (κ2) is 3.27. The summed E-state index contributed by atoms with van der Waals surface area (Å²) >= 11 is 0. The molecule has 16 heavy (non-hydrogen) atoms. The molecule has 0 radical (unpaired) electrons. The number of fused-ring (bicyclic) bond motifs is 3. The number of hydrogen-bond acceptors (Lipinski definition) is 1. The van der Waals surface area contributed by atoms with Gasteiger partial charge in [0, 0.05) is 16.8 Å². The summed E-state index contributed by atoms with van der Waals surface area (Å²) in [5, 5.41) is 1.43. The highest BCUT2D eigenvalue weighted by atomic mass is 14.7. The highest BCUT2D eigenvalue weighted by Crippen LogP contribution is 2.34. The number of nitrogens with two attached hydrogens (primary N) is 1. The van der Waals surface area contributed by atoms with Gasteiger partial charge in [-0.1, -0.05) is 0 Å². The standard InChI is InChI=1S/C14H18N2/c1-8-7-11(15)9(2)14-13(8)10-5-3-4-6-12(10)16-14/h7,16H,3-6,15H2,1-2H3. The van der Waals surface area contributed by atoms with Gasteiger partial charge in [0.2, 0.25) is 0 Å². The number of rotatable bonds is 0. The zero-order valence-electron chi connectivity index (χ0n) is 9.98. The molecule has 1 aliphatic carbocycles. The zero-order valence-corrected chi connectivity index (χ0v) is 9.98. The van der Waals surface area contributed by atoms with E-state index in [-0.39, 0.29) is 0 Å². The van der Waals surface area contributed by atoms with E-state index in [4.69, 9.17) is 5.73 Å². The van der Waals surface area contributed by atoms with E-state index in [1.807, 2.05) is 0 Å². The average Bonchev–Trinajstić information content (AvgIpc) is 2.65. The van der Waals surface area contributed by atoms with Crippen molar-refractivity contribution in [2.45, 2.75) is 39.5 Å². The topological polar surface area (TPSA) is 41.8 Å². The molecule has 1 aliphatic rings. The first-order valence-corrected chi connectivity index (χ1v) is 6.07. The molecule has 3 rings (SSSR count). The third-order valence-electron chi connectivity index (χ3n) is 3.87. The number of aromatic amines is 1. The van der Waals surface area contributed by atoms with Crippen molar-refractivity contribution in [3.63, 3.8) is 0 Å². The normalized spacial score (nSPS) is 15.4. The number of benzene rings is 1. The second-order valence-corrected chi connectivity index (χ2v) is 4.95. The molecule has 0 bridgehead atoms. The Morgan fingerprint density at radius 2 is 1.94 bits per heavy atom. The van der Waals surface area contributed by atoms with Crippen molar-refractivity contribution in [3.8, 4) is 0 Å². The van der Waals surface area contributed by atoms with Crippen molar-refractivity contribution < 1.29 is 0 Å². The molecule has 0 spiro atoms. The summed E-state index contributed by atoms with van der Waals surface area (Å²) in [7, 11) is 0. The number of hydrogen-bond donors (Lipinski definition) is 2. The van der Waals surface area contributed by atoms with Gasteiger partial charge in [-0.2, -0.15) is 0 Å². The van der Waals surface area contributed by atoms with Crippen molar-refractivity contribution in [2.75, 3.05) is 5.73 Å². The van der Waals surface area contributed by atoms with Gasteiger partial charge in [-0.25, -0.2) is 0 Å². The Morgan fingerprint density at radius 3 is 2.75 bits per heavy atom. The van der Waals surface area contributed by atoms with Gasteiger partial charge in [0.1, 0.15) is 0 Å². The minimum atomic E-state index is 0.906. The zero-order chi connectivity index (χ0) is 11.3. The number of nitrogen functional groups attached to an aromatic ring is 1. The van der Waals surface area contributed by atoms with Crippen molar-refractivity contribution in [1.82, 2.24) is 4.98 Å². The molecule has 0 fully saturated rings. The Morgan fingerprint density at radius 1 is 1.19 bits per heavy atom. The maximum Gasteiger partial charge on any atom is 0.0512 e. The van der Waals surface area contributed by atoms with E-state index in [1.54, 1.807) is 5.56 Å². The fourth-order valence-electron chi connectivity index (χ4n) is 2.96. The molecule has 2 aromatic rings. The summed E-state index contributed by atoms with van der Waals surface area (Å²) < 4.78 is 0. The molecule has 0 amide bonds. The highest BCUT2D eigenvalue weighted by molar-refractivity contribution is 5.93. The summed E-state index contributed by atoms with van der Waals surface area (Å²) in [4.78, 5) is 3.59. The number of H-pyrrole nitrogens is 1. The van der Waals surface area contributed by atoms with E-state index in [2.05, 4.69) is 24.9 Å². The van der Waals surface area contributed by atoms with Crippen LogP contribution in [0.1, 0.15) is 35.2 Å². The fraction of sp³-hybridized carbons (Fsp3) is 0.429.